The number of esters is 1. The van der Waals surface area contributed by atoms with Crippen LogP contribution in [0.5, 0.6) is 0 Å². The average Bonchev–Trinajstić information content (AvgIpc) is 2.64. The van der Waals surface area contributed by atoms with Crippen molar-refractivity contribution in [3.63, 3.8) is 0 Å². The third-order valence-electron chi connectivity index (χ3n) is 3.18. The average molecular weight is 275 g/mol. The van der Waals surface area contributed by atoms with Crippen LogP contribution in [-0.4, -0.2) is 24.6 Å². The Morgan fingerprint density at radius 1 is 1.65 bits per heavy atom. The highest BCUT2D eigenvalue weighted by molar-refractivity contribution is 7.18. The monoisotopic (exact) mass is 274 g/mol. The predicted octanol–water partition coefficient (Wildman–Crippen LogP) is 3.19. The van der Waals surface area contributed by atoms with Crippen LogP contribution in [0, 0.1) is 5.41 Å². The molecular formula is C11H15ClN2O2S. The van der Waals surface area contributed by atoms with Gasteiger partial charge in [-0.25, -0.2) is 9.78 Å². The third kappa shape index (κ3) is 2.72. The summed E-state index contributed by atoms with van der Waals surface area (Å²) in [6.07, 6.45) is 3.77. The molecule has 17 heavy (non-hydrogen) atoms. The van der Waals surface area contributed by atoms with E-state index in [1.807, 2.05) is 0 Å². The first-order chi connectivity index (χ1) is 8.04. The number of carbonyl (C=O) groups is 1. The van der Waals surface area contributed by atoms with Crippen molar-refractivity contribution in [3.8, 4) is 0 Å². The van der Waals surface area contributed by atoms with Crippen molar-refractivity contribution in [1.82, 2.24) is 4.98 Å². The fourth-order valence-corrected chi connectivity index (χ4v) is 2.94. The highest BCUT2D eigenvalue weighted by Crippen LogP contribution is 2.40. The minimum Gasteiger partial charge on any atom is -0.465 e. The number of hydrogen-bond donors (Lipinski definition) is 1. The fraction of sp³-hybridized carbons (Fsp3) is 0.636. The lowest BCUT2D eigenvalue weighted by atomic mass is 9.70. The molecule has 1 aliphatic carbocycles. The Labute approximate surface area is 109 Å². The molecule has 1 N–H and O–H groups in total. The van der Waals surface area contributed by atoms with Crippen LogP contribution in [0.15, 0.2) is 0 Å². The molecule has 0 saturated heterocycles. The Morgan fingerprint density at radius 3 is 2.88 bits per heavy atom. The summed E-state index contributed by atoms with van der Waals surface area (Å²) in [6.45, 7) is 3.12. The number of thiazole rings is 1. The molecule has 1 saturated carbocycles. The van der Waals surface area contributed by atoms with E-state index in [-0.39, 0.29) is 5.15 Å². The topological polar surface area (TPSA) is 51.2 Å². The summed E-state index contributed by atoms with van der Waals surface area (Å²) in [5.74, 6) is -0.435. The molecule has 1 aliphatic rings. The number of nitrogens with one attached hydrogen (secondary N) is 1. The lowest BCUT2D eigenvalue weighted by Gasteiger charge is -2.38. The molecule has 1 aromatic rings. The zero-order valence-electron chi connectivity index (χ0n) is 9.88. The number of ether oxygens (including phenoxy) is 1. The van der Waals surface area contributed by atoms with Crippen LogP contribution in [0.25, 0.3) is 0 Å². The lowest BCUT2D eigenvalue weighted by molar-refractivity contribution is 0.0606. The molecular weight excluding hydrogens is 260 g/mol. The molecule has 1 heterocycles. The van der Waals surface area contributed by atoms with Crippen molar-refractivity contribution in [2.45, 2.75) is 26.2 Å². The van der Waals surface area contributed by atoms with Gasteiger partial charge in [-0.1, -0.05) is 36.3 Å². The van der Waals surface area contributed by atoms with Crippen LogP contribution in [0.4, 0.5) is 5.13 Å². The van der Waals surface area contributed by atoms with E-state index in [0.717, 1.165) is 6.54 Å². The standard InChI is InChI=1S/C11H15ClN2O2S/c1-11(4-3-5-11)6-13-10-14-8(12)7(17-10)9(15)16-2/h3-6H2,1-2H3,(H,13,14). The van der Waals surface area contributed by atoms with E-state index < -0.39 is 5.97 Å². The molecule has 0 atom stereocenters. The van der Waals surface area contributed by atoms with Crippen molar-refractivity contribution in [2.75, 3.05) is 19.0 Å². The van der Waals surface area contributed by atoms with E-state index in [1.165, 1.54) is 37.7 Å². The Bertz CT molecular complexity index is 429. The van der Waals surface area contributed by atoms with E-state index in [4.69, 9.17) is 11.6 Å². The molecule has 0 aromatic carbocycles. The van der Waals surface area contributed by atoms with Gasteiger partial charge < -0.3 is 10.1 Å². The maximum absolute atomic E-state index is 11.4. The number of methoxy groups -OCH3 is 1. The summed E-state index contributed by atoms with van der Waals surface area (Å²) in [6, 6.07) is 0. The number of carbonyl (C=O) groups excluding carboxylic acids is 1. The van der Waals surface area contributed by atoms with Gasteiger partial charge in [0.2, 0.25) is 0 Å². The summed E-state index contributed by atoms with van der Waals surface area (Å²) >= 11 is 7.11. The summed E-state index contributed by atoms with van der Waals surface area (Å²) in [5, 5.41) is 4.14. The maximum Gasteiger partial charge on any atom is 0.351 e. The molecule has 4 nitrogen and oxygen atoms in total. The Balaban J connectivity index is 1.99. The van der Waals surface area contributed by atoms with Crippen LogP contribution in [-0.2, 0) is 4.74 Å². The second-order valence-corrected chi connectivity index (χ2v) is 6.01. The third-order valence-corrected chi connectivity index (χ3v) is 4.56. The first-order valence-corrected chi connectivity index (χ1v) is 6.72. The van der Waals surface area contributed by atoms with Gasteiger partial charge >= 0.3 is 5.97 Å². The molecule has 6 heteroatoms. The Morgan fingerprint density at radius 2 is 2.35 bits per heavy atom. The first-order valence-electron chi connectivity index (χ1n) is 5.53. The minimum absolute atomic E-state index is 0.211. The van der Waals surface area contributed by atoms with Gasteiger partial charge in [-0.05, 0) is 18.3 Å². The summed E-state index contributed by atoms with van der Waals surface area (Å²) < 4.78 is 4.63. The van der Waals surface area contributed by atoms with Crippen LogP contribution < -0.4 is 5.32 Å². The molecule has 1 fully saturated rings. The van der Waals surface area contributed by atoms with Gasteiger partial charge in [0, 0.05) is 6.54 Å². The number of hydrogen-bond acceptors (Lipinski definition) is 5. The summed E-state index contributed by atoms with van der Waals surface area (Å²) in [5.41, 5.74) is 0.365. The summed E-state index contributed by atoms with van der Waals surface area (Å²) in [7, 11) is 1.33. The van der Waals surface area contributed by atoms with Gasteiger partial charge in [0.1, 0.15) is 0 Å². The van der Waals surface area contributed by atoms with Gasteiger partial charge in [0.25, 0.3) is 0 Å². The zero-order valence-corrected chi connectivity index (χ0v) is 11.5. The van der Waals surface area contributed by atoms with E-state index in [2.05, 4.69) is 22.0 Å². The number of nitrogens with zero attached hydrogens (tertiary/aromatic N) is 1. The largest absolute Gasteiger partial charge is 0.465 e. The van der Waals surface area contributed by atoms with Gasteiger partial charge in [-0.15, -0.1) is 0 Å². The first kappa shape index (κ1) is 12.6. The van der Waals surface area contributed by atoms with E-state index in [9.17, 15) is 4.79 Å². The molecule has 0 radical (unpaired) electrons. The SMILES string of the molecule is COC(=O)c1sc(NCC2(C)CCC2)nc1Cl. The van der Waals surface area contributed by atoms with Crippen molar-refractivity contribution in [3.05, 3.63) is 10.0 Å². The van der Waals surface area contributed by atoms with E-state index >= 15 is 0 Å². The molecule has 1 aromatic heterocycles. The quantitative estimate of drug-likeness (QED) is 0.857. The normalized spacial score (nSPS) is 17.4. The highest BCUT2D eigenvalue weighted by Gasteiger charge is 2.31. The van der Waals surface area contributed by atoms with Crippen molar-refractivity contribution in [1.29, 1.82) is 0 Å². The van der Waals surface area contributed by atoms with Crippen LogP contribution in [0.1, 0.15) is 35.9 Å². The molecule has 0 amide bonds. The maximum atomic E-state index is 11.4. The molecule has 2 rings (SSSR count). The minimum atomic E-state index is -0.435. The smallest absolute Gasteiger partial charge is 0.351 e. The van der Waals surface area contributed by atoms with E-state index in [1.54, 1.807) is 0 Å². The zero-order chi connectivity index (χ0) is 12.5. The molecule has 0 aliphatic heterocycles. The number of rotatable bonds is 4. The molecule has 0 unspecified atom stereocenters. The van der Waals surface area contributed by atoms with Gasteiger partial charge in [0.15, 0.2) is 15.2 Å². The number of halogens is 1. The second kappa shape index (κ2) is 4.82. The van der Waals surface area contributed by atoms with Crippen LogP contribution >= 0.6 is 22.9 Å². The van der Waals surface area contributed by atoms with Gasteiger partial charge in [-0.2, -0.15) is 0 Å². The lowest BCUT2D eigenvalue weighted by Crippen LogP contribution is -2.33. The van der Waals surface area contributed by atoms with Crippen LogP contribution in [0.3, 0.4) is 0 Å². The second-order valence-electron chi connectivity index (χ2n) is 4.65. The molecule has 0 spiro atoms. The summed E-state index contributed by atoms with van der Waals surface area (Å²) in [4.78, 5) is 15.8. The van der Waals surface area contributed by atoms with Crippen molar-refractivity contribution < 1.29 is 9.53 Å². The number of anilines is 1. The highest BCUT2D eigenvalue weighted by atomic mass is 35.5. The van der Waals surface area contributed by atoms with Crippen molar-refractivity contribution in [2.24, 2.45) is 5.41 Å². The van der Waals surface area contributed by atoms with Gasteiger partial charge in [-0.3, -0.25) is 0 Å². The van der Waals surface area contributed by atoms with Crippen LogP contribution in [0.2, 0.25) is 5.15 Å². The van der Waals surface area contributed by atoms with Crippen molar-refractivity contribution >= 4 is 34.0 Å². The predicted molar refractivity (Wildman–Crippen MR) is 68.9 cm³/mol. The van der Waals surface area contributed by atoms with E-state index in [0.29, 0.717) is 15.4 Å². The van der Waals surface area contributed by atoms with Gasteiger partial charge in [0.05, 0.1) is 7.11 Å². The Kier molecular flexibility index (Phi) is 3.58. The number of aromatic nitrogens is 1. The molecule has 0 bridgehead atoms. The molecule has 94 valence electrons. The fourth-order valence-electron chi connectivity index (χ4n) is 1.84. The Hall–Kier alpha value is -0.810.